The van der Waals surface area contributed by atoms with Gasteiger partial charge in [0, 0.05) is 31.3 Å². The maximum Gasteiger partial charge on any atom is 0.220 e. The molecule has 0 aromatic carbocycles. The molecule has 0 spiro atoms. The molecule has 2 N–H and O–H groups in total. The number of aromatic nitrogens is 2. The van der Waals surface area contributed by atoms with Gasteiger partial charge in [-0.25, -0.2) is 4.98 Å². The molecule has 0 atom stereocenters. The van der Waals surface area contributed by atoms with Crippen molar-refractivity contribution >= 4 is 5.91 Å². The lowest BCUT2D eigenvalue weighted by atomic mass is 10.1. The Morgan fingerprint density at radius 3 is 1.94 bits per heavy atom. The third-order valence-electron chi connectivity index (χ3n) is 5.94. The molecule has 0 aliphatic rings. The van der Waals surface area contributed by atoms with Gasteiger partial charge < -0.3 is 10.3 Å². The van der Waals surface area contributed by atoms with E-state index in [0.29, 0.717) is 13.0 Å². The summed E-state index contributed by atoms with van der Waals surface area (Å²) in [5, 5.41) is 2.99. The molecule has 1 aromatic rings. The van der Waals surface area contributed by atoms with Gasteiger partial charge in [0.15, 0.2) is 0 Å². The summed E-state index contributed by atoms with van der Waals surface area (Å²) in [7, 11) is 0. The Kier molecular flexibility index (Phi) is 19.2. The van der Waals surface area contributed by atoms with Crippen LogP contribution in [0.5, 0.6) is 0 Å². The quantitative estimate of drug-likeness (QED) is 0.146. The number of rotatable bonds is 22. The maximum absolute atomic E-state index is 11.8. The lowest BCUT2D eigenvalue weighted by molar-refractivity contribution is -0.121. The highest BCUT2D eigenvalue weighted by molar-refractivity contribution is 5.75. The molecule has 0 unspecified atom stereocenters. The molecule has 178 valence electrons. The molecule has 0 fully saturated rings. The number of carbonyl (C=O) groups is 1. The summed E-state index contributed by atoms with van der Waals surface area (Å²) < 4.78 is 0. The van der Waals surface area contributed by atoms with E-state index in [0.717, 1.165) is 18.5 Å². The number of aromatic amines is 1. The minimum Gasteiger partial charge on any atom is -0.356 e. The van der Waals surface area contributed by atoms with Gasteiger partial charge in [0.1, 0.15) is 0 Å². The minimum absolute atomic E-state index is 0.179. The first-order chi connectivity index (χ1) is 15.3. The summed E-state index contributed by atoms with van der Waals surface area (Å²) >= 11 is 0. The van der Waals surface area contributed by atoms with Crippen molar-refractivity contribution in [3.8, 4) is 0 Å². The smallest absolute Gasteiger partial charge is 0.220 e. The highest BCUT2D eigenvalue weighted by Gasteiger charge is 2.01. The Morgan fingerprint density at radius 2 is 1.39 bits per heavy atom. The van der Waals surface area contributed by atoms with Crippen LogP contribution in [0.3, 0.4) is 0 Å². The third kappa shape index (κ3) is 18.9. The number of amides is 1. The van der Waals surface area contributed by atoms with E-state index in [2.05, 4.69) is 34.4 Å². The SMILES string of the molecule is CCCCCCCCCC/C=C\CCCCCCCCCC(=O)NCCc1cnc[nH]1. The Bertz CT molecular complexity index is 525. The minimum atomic E-state index is 0.179. The molecule has 1 rings (SSSR count). The lowest BCUT2D eigenvalue weighted by Gasteiger charge is -2.04. The molecule has 0 radical (unpaired) electrons. The van der Waals surface area contributed by atoms with Crippen LogP contribution in [-0.2, 0) is 11.2 Å². The summed E-state index contributed by atoms with van der Waals surface area (Å²) in [5.41, 5.74) is 1.07. The summed E-state index contributed by atoms with van der Waals surface area (Å²) in [6.45, 7) is 2.97. The zero-order valence-corrected chi connectivity index (χ0v) is 20.3. The zero-order chi connectivity index (χ0) is 22.2. The molecule has 0 aliphatic heterocycles. The van der Waals surface area contributed by atoms with Crippen molar-refractivity contribution in [1.82, 2.24) is 15.3 Å². The van der Waals surface area contributed by atoms with E-state index >= 15 is 0 Å². The van der Waals surface area contributed by atoms with Gasteiger partial charge in [-0.3, -0.25) is 4.79 Å². The first-order valence-electron chi connectivity index (χ1n) is 13.2. The number of carbonyl (C=O) groups excluding carboxylic acids is 1. The van der Waals surface area contributed by atoms with Gasteiger partial charge in [0.05, 0.1) is 6.33 Å². The molecule has 4 heteroatoms. The summed E-state index contributed by atoms with van der Waals surface area (Å²) in [4.78, 5) is 18.8. The monoisotopic (exact) mass is 431 g/mol. The Balaban J connectivity index is 1.73. The van der Waals surface area contributed by atoms with Crippen molar-refractivity contribution in [2.24, 2.45) is 0 Å². The number of unbranched alkanes of at least 4 members (excludes halogenated alkanes) is 15. The van der Waals surface area contributed by atoms with E-state index < -0.39 is 0 Å². The molecule has 31 heavy (non-hydrogen) atoms. The van der Waals surface area contributed by atoms with Gasteiger partial charge >= 0.3 is 0 Å². The molecule has 0 aliphatic carbocycles. The number of H-pyrrole nitrogens is 1. The Hall–Kier alpha value is -1.58. The molecule has 4 nitrogen and oxygen atoms in total. The predicted octanol–water partition coefficient (Wildman–Crippen LogP) is 7.67. The number of hydrogen-bond acceptors (Lipinski definition) is 2. The number of imidazole rings is 1. The average Bonchev–Trinajstić information content (AvgIpc) is 3.29. The standard InChI is InChI=1S/C27H49N3O/c1-2-3-4-5-6-7-8-9-10-11-12-13-14-15-16-17-18-19-20-21-27(31)29-23-22-26-24-28-25-30-26/h11-12,24-25H,2-10,13-23H2,1H3,(H,28,30)(H,29,31)/b12-11-. The van der Waals surface area contributed by atoms with Crippen molar-refractivity contribution in [2.75, 3.05) is 6.54 Å². The van der Waals surface area contributed by atoms with Crippen LogP contribution in [0.15, 0.2) is 24.7 Å². The second-order valence-corrected chi connectivity index (χ2v) is 8.93. The van der Waals surface area contributed by atoms with E-state index in [1.54, 1.807) is 12.5 Å². The Morgan fingerprint density at radius 1 is 0.839 bits per heavy atom. The van der Waals surface area contributed by atoms with E-state index in [4.69, 9.17) is 0 Å². The van der Waals surface area contributed by atoms with Crippen molar-refractivity contribution < 1.29 is 4.79 Å². The van der Waals surface area contributed by atoms with Crippen LogP contribution in [0.2, 0.25) is 0 Å². The van der Waals surface area contributed by atoms with Crippen LogP contribution in [0.4, 0.5) is 0 Å². The fourth-order valence-corrected chi connectivity index (χ4v) is 3.91. The van der Waals surface area contributed by atoms with E-state index in [1.807, 2.05) is 0 Å². The molecular weight excluding hydrogens is 382 g/mol. The number of hydrogen-bond donors (Lipinski definition) is 2. The largest absolute Gasteiger partial charge is 0.356 e. The van der Waals surface area contributed by atoms with Crippen molar-refractivity contribution in [2.45, 2.75) is 129 Å². The van der Waals surface area contributed by atoms with Crippen LogP contribution < -0.4 is 5.32 Å². The number of nitrogens with zero attached hydrogens (tertiary/aromatic N) is 1. The van der Waals surface area contributed by atoms with Crippen LogP contribution in [-0.4, -0.2) is 22.4 Å². The molecule has 0 saturated carbocycles. The summed E-state index contributed by atoms with van der Waals surface area (Å²) in [6, 6.07) is 0. The fourth-order valence-electron chi connectivity index (χ4n) is 3.91. The summed E-state index contributed by atoms with van der Waals surface area (Å²) in [5.74, 6) is 0.179. The zero-order valence-electron chi connectivity index (χ0n) is 20.3. The van der Waals surface area contributed by atoms with Crippen LogP contribution >= 0.6 is 0 Å². The number of allylic oxidation sites excluding steroid dienone is 2. The second-order valence-electron chi connectivity index (χ2n) is 8.93. The van der Waals surface area contributed by atoms with Gasteiger partial charge in [0.25, 0.3) is 0 Å². The fraction of sp³-hybridized carbons (Fsp3) is 0.778. The molecule has 1 aromatic heterocycles. The van der Waals surface area contributed by atoms with E-state index in [1.165, 1.54) is 103 Å². The first-order valence-corrected chi connectivity index (χ1v) is 13.2. The van der Waals surface area contributed by atoms with Crippen molar-refractivity contribution in [3.05, 3.63) is 30.4 Å². The van der Waals surface area contributed by atoms with Crippen molar-refractivity contribution in [3.63, 3.8) is 0 Å². The number of nitrogens with one attached hydrogen (secondary N) is 2. The van der Waals surface area contributed by atoms with E-state index in [9.17, 15) is 4.79 Å². The van der Waals surface area contributed by atoms with Gasteiger partial charge in [0.2, 0.25) is 5.91 Å². The third-order valence-corrected chi connectivity index (χ3v) is 5.94. The summed E-state index contributed by atoms with van der Waals surface area (Å²) in [6.07, 6.45) is 32.3. The molecule has 1 amide bonds. The van der Waals surface area contributed by atoms with Gasteiger partial charge in [-0.05, 0) is 32.1 Å². The Labute approximate surface area is 192 Å². The highest BCUT2D eigenvalue weighted by Crippen LogP contribution is 2.12. The molecular formula is C27H49N3O. The second kappa shape index (κ2) is 21.6. The maximum atomic E-state index is 11.8. The van der Waals surface area contributed by atoms with Gasteiger partial charge in [-0.15, -0.1) is 0 Å². The van der Waals surface area contributed by atoms with Gasteiger partial charge in [-0.2, -0.15) is 0 Å². The van der Waals surface area contributed by atoms with Crippen LogP contribution in [0, 0.1) is 0 Å². The average molecular weight is 432 g/mol. The molecule has 0 bridgehead atoms. The van der Waals surface area contributed by atoms with Gasteiger partial charge in [-0.1, -0.05) is 96.1 Å². The van der Waals surface area contributed by atoms with Crippen molar-refractivity contribution in [1.29, 1.82) is 0 Å². The first kappa shape index (κ1) is 27.5. The molecule has 1 heterocycles. The molecule has 0 saturated heterocycles. The highest BCUT2D eigenvalue weighted by atomic mass is 16.1. The normalized spacial score (nSPS) is 11.4. The van der Waals surface area contributed by atoms with E-state index in [-0.39, 0.29) is 5.91 Å². The van der Waals surface area contributed by atoms with Crippen LogP contribution in [0.1, 0.15) is 128 Å². The van der Waals surface area contributed by atoms with Crippen LogP contribution in [0.25, 0.3) is 0 Å². The lowest BCUT2D eigenvalue weighted by Crippen LogP contribution is -2.25. The topological polar surface area (TPSA) is 57.8 Å². The predicted molar refractivity (Wildman–Crippen MR) is 133 cm³/mol.